The van der Waals surface area contributed by atoms with E-state index in [-0.39, 0.29) is 11.6 Å². The molecule has 8 nitrogen and oxygen atoms in total. The highest BCUT2D eigenvalue weighted by Gasteiger charge is 2.34. The van der Waals surface area contributed by atoms with E-state index in [0.29, 0.717) is 12.1 Å². The van der Waals surface area contributed by atoms with Crippen LogP contribution in [0.1, 0.15) is 34.8 Å². The number of carbonyl (C=O) groups excluding carboxylic acids is 1. The van der Waals surface area contributed by atoms with Gasteiger partial charge in [-0.2, -0.15) is 13.3 Å². The molecule has 0 bridgehead atoms. The lowest BCUT2D eigenvalue weighted by Gasteiger charge is -2.29. The maximum absolute atomic E-state index is 12.3. The van der Waals surface area contributed by atoms with Gasteiger partial charge in [0.1, 0.15) is 0 Å². The lowest BCUT2D eigenvalue weighted by molar-refractivity contribution is -0.696. The maximum atomic E-state index is 12.3. The average molecular weight is 327 g/mol. The Hall–Kier alpha value is -1.71. The summed E-state index contributed by atoms with van der Waals surface area (Å²) in [4.78, 5) is 19.6. The number of likely N-dealkylation sites (tertiary alicyclic amines) is 1. The van der Waals surface area contributed by atoms with Crippen LogP contribution >= 0.6 is 0 Å². The molecule has 22 heavy (non-hydrogen) atoms. The van der Waals surface area contributed by atoms with Crippen molar-refractivity contribution in [3.63, 3.8) is 0 Å². The molecule has 2 aliphatic heterocycles. The average Bonchev–Trinajstić information content (AvgIpc) is 3.13. The van der Waals surface area contributed by atoms with Gasteiger partial charge in [0.2, 0.25) is 0 Å². The van der Waals surface area contributed by atoms with E-state index in [1.807, 2.05) is 7.05 Å². The quantitative estimate of drug-likeness (QED) is 0.595. The second kappa shape index (κ2) is 5.49. The van der Waals surface area contributed by atoms with E-state index in [1.54, 1.807) is 12.3 Å². The Balaban J connectivity index is 1.96. The fraction of sp³-hybridized carbons (Fsp3) is 0.538. The van der Waals surface area contributed by atoms with E-state index >= 15 is 0 Å². The Bertz CT molecular complexity index is 729. The van der Waals surface area contributed by atoms with E-state index in [9.17, 15) is 13.2 Å². The molecule has 9 heteroatoms. The second-order valence-corrected chi connectivity index (χ2v) is 7.12. The van der Waals surface area contributed by atoms with Crippen molar-refractivity contribution >= 4 is 22.4 Å². The van der Waals surface area contributed by atoms with Gasteiger partial charge in [0.05, 0.1) is 0 Å². The van der Waals surface area contributed by atoms with Crippen molar-refractivity contribution in [2.45, 2.75) is 18.8 Å². The number of rotatable bonds is 4. The summed E-state index contributed by atoms with van der Waals surface area (Å²) in [7, 11) is -2.01. The molecule has 0 aliphatic carbocycles. The summed E-state index contributed by atoms with van der Waals surface area (Å²) in [6, 6.07) is 1.66. The molecular weight excluding hydrogens is 308 g/mol. The number of carbonyl (C=O) groups is 1. The number of hydrogen-bond donors (Lipinski definition) is 1. The minimum atomic E-state index is -4.05. The highest BCUT2D eigenvalue weighted by atomic mass is 32.2. The van der Waals surface area contributed by atoms with E-state index in [2.05, 4.69) is 4.90 Å². The van der Waals surface area contributed by atoms with E-state index in [0.717, 1.165) is 29.9 Å². The fourth-order valence-corrected chi connectivity index (χ4v) is 3.42. The molecule has 1 aromatic rings. The van der Waals surface area contributed by atoms with Crippen LogP contribution in [0.2, 0.25) is 0 Å². The monoisotopic (exact) mass is 327 g/mol. The summed E-state index contributed by atoms with van der Waals surface area (Å²) in [5.74, 6) is -0.568. The second-order valence-electron chi connectivity index (χ2n) is 5.70. The van der Waals surface area contributed by atoms with Crippen molar-refractivity contribution in [3.05, 3.63) is 23.5 Å². The Morgan fingerprint density at radius 3 is 2.59 bits per heavy atom. The summed E-state index contributed by atoms with van der Waals surface area (Å²) < 4.78 is 25.6. The van der Waals surface area contributed by atoms with Crippen LogP contribution in [0.25, 0.3) is 0 Å². The van der Waals surface area contributed by atoms with Gasteiger partial charge in [-0.25, -0.2) is 13.9 Å². The minimum absolute atomic E-state index is 0.0114. The molecule has 3 heterocycles. The van der Waals surface area contributed by atoms with Gasteiger partial charge in [0.15, 0.2) is 5.69 Å². The summed E-state index contributed by atoms with van der Waals surface area (Å²) in [5, 5.41) is 5.20. The molecule has 1 saturated heterocycles. The van der Waals surface area contributed by atoms with Crippen LogP contribution in [-0.4, -0.2) is 60.9 Å². The smallest absolute Gasteiger partial charge is 0.306 e. The predicted octanol–water partition coefficient (Wildman–Crippen LogP) is -0.482. The molecule has 0 unspecified atom stereocenters. The van der Waals surface area contributed by atoms with Crippen LogP contribution in [-0.2, 0) is 15.0 Å². The molecule has 2 N–H and O–H groups in total. The van der Waals surface area contributed by atoms with Crippen LogP contribution in [0.3, 0.4) is 0 Å². The van der Waals surface area contributed by atoms with E-state index in [1.165, 1.54) is 10.9 Å². The minimum Gasteiger partial charge on any atom is -0.306 e. The highest BCUT2D eigenvalue weighted by molar-refractivity contribution is 7.87. The first-order chi connectivity index (χ1) is 10.4. The fourth-order valence-electron chi connectivity index (χ4n) is 2.76. The Kier molecular flexibility index (Phi) is 3.79. The van der Waals surface area contributed by atoms with Crippen molar-refractivity contribution in [1.82, 2.24) is 8.87 Å². The molecule has 0 saturated carbocycles. The predicted molar refractivity (Wildman–Crippen MR) is 79.0 cm³/mol. The molecular formula is C13H19N4O4S+. The molecule has 0 radical (unpaired) electrons. The number of hydroxylamine groups is 1. The van der Waals surface area contributed by atoms with Crippen LogP contribution in [0.5, 0.6) is 0 Å². The molecule has 3 rings (SSSR count). The van der Waals surface area contributed by atoms with Crippen molar-refractivity contribution in [1.29, 1.82) is 0 Å². The van der Waals surface area contributed by atoms with Crippen molar-refractivity contribution < 1.29 is 22.8 Å². The van der Waals surface area contributed by atoms with Gasteiger partial charge < -0.3 is 4.90 Å². The molecule has 1 fully saturated rings. The topological polar surface area (TPSA) is 97.6 Å². The SMILES string of the molecule is CN1CCC(c2ccn(S(N)(=O)=O)c2C(=O)O[N+]2=CC2)CC1. The molecule has 1 aromatic heterocycles. The van der Waals surface area contributed by atoms with Gasteiger partial charge in [-0.05, 0) is 55.3 Å². The first-order valence-corrected chi connectivity index (χ1v) is 8.62. The molecule has 120 valence electrons. The molecule has 2 aliphatic rings. The first-order valence-electron chi connectivity index (χ1n) is 7.11. The number of nitrogens with zero attached hydrogens (tertiary/aromatic N) is 3. The van der Waals surface area contributed by atoms with E-state index < -0.39 is 16.2 Å². The number of nitrogens with two attached hydrogens (primary N) is 1. The summed E-state index contributed by atoms with van der Waals surface area (Å²) in [5.41, 5.74) is 0.700. The Labute approximate surface area is 128 Å². The van der Waals surface area contributed by atoms with Crippen LogP contribution in [0.15, 0.2) is 12.3 Å². The van der Waals surface area contributed by atoms with Gasteiger partial charge in [0, 0.05) is 6.20 Å². The zero-order valence-corrected chi connectivity index (χ0v) is 13.1. The third-order valence-electron chi connectivity index (χ3n) is 4.04. The van der Waals surface area contributed by atoms with Gasteiger partial charge in [-0.3, -0.25) is 0 Å². The lowest BCUT2D eigenvalue weighted by Crippen LogP contribution is -2.31. The molecule has 0 spiro atoms. The van der Waals surface area contributed by atoms with Crippen LogP contribution in [0, 0.1) is 0 Å². The van der Waals surface area contributed by atoms with Gasteiger partial charge >= 0.3 is 16.2 Å². The van der Waals surface area contributed by atoms with Crippen molar-refractivity contribution in [3.8, 4) is 0 Å². The largest absolute Gasteiger partial charge is 0.428 e. The first kappa shape index (κ1) is 15.2. The molecule has 0 atom stereocenters. The molecule has 0 amide bonds. The zero-order chi connectivity index (χ0) is 15.9. The highest BCUT2D eigenvalue weighted by Crippen LogP contribution is 2.31. The Morgan fingerprint density at radius 2 is 2.05 bits per heavy atom. The third kappa shape index (κ3) is 3.06. The van der Waals surface area contributed by atoms with E-state index in [4.69, 9.17) is 9.98 Å². The number of hydrogen-bond acceptors (Lipinski definition) is 5. The standard InChI is InChI=1S/C13H19N4O4S/c1-15-5-2-10(3-6-15)11-4-7-17(22(14,19)20)12(11)13(18)21-16-8-9-16/h4,7-8,10H,2-3,5-6,9H2,1H3,(H2,14,19,20)/q+1. The third-order valence-corrected chi connectivity index (χ3v) is 4.89. The summed E-state index contributed by atoms with van der Waals surface area (Å²) in [6.07, 6.45) is 4.73. The van der Waals surface area contributed by atoms with Crippen LogP contribution in [0.4, 0.5) is 0 Å². The summed E-state index contributed by atoms with van der Waals surface area (Å²) >= 11 is 0. The van der Waals surface area contributed by atoms with Crippen molar-refractivity contribution in [2.75, 3.05) is 26.7 Å². The maximum Gasteiger partial charge on any atom is 0.428 e. The van der Waals surface area contributed by atoms with Crippen LogP contribution < -0.4 is 5.14 Å². The van der Waals surface area contributed by atoms with Gasteiger partial charge in [-0.15, -0.1) is 0 Å². The lowest BCUT2D eigenvalue weighted by atomic mass is 9.89. The number of aromatic nitrogens is 1. The zero-order valence-electron chi connectivity index (χ0n) is 12.3. The number of piperidine rings is 1. The van der Waals surface area contributed by atoms with Gasteiger partial charge in [-0.1, -0.05) is 0 Å². The normalized spacial score (nSPS) is 19.8. The van der Waals surface area contributed by atoms with Crippen molar-refractivity contribution in [2.24, 2.45) is 5.14 Å². The molecule has 0 aromatic carbocycles. The summed E-state index contributed by atoms with van der Waals surface area (Å²) in [6.45, 7) is 2.35. The van der Waals surface area contributed by atoms with Gasteiger partial charge in [0.25, 0.3) is 12.8 Å². The Morgan fingerprint density at radius 1 is 1.41 bits per heavy atom.